The fourth-order valence-electron chi connectivity index (χ4n) is 3.42. The first kappa shape index (κ1) is 20.3. The van der Waals surface area contributed by atoms with E-state index in [0.29, 0.717) is 11.8 Å². The molecule has 2 rings (SSSR count). The predicted molar refractivity (Wildman–Crippen MR) is 78.4 cm³/mol. The van der Waals surface area contributed by atoms with Crippen molar-refractivity contribution in [2.75, 3.05) is 0 Å². The SMILES string of the molecule is [CH2]=[Zr+2]([C]1=C(C)C(C)=CC1C)[C]1=C(C)C(C)=CC1C.[Cl-].[Cl-]. The smallest absolute Gasteiger partial charge is 1.00 e. The van der Waals surface area contributed by atoms with Gasteiger partial charge in [0.2, 0.25) is 0 Å². The molecule has 2 aliphatic rings. The molecule has 0 N–H and O–H groups in total. The van der Waals surface area contributed by atoms with E-state index in [1.807, 2.05) is 0 Å². The molecular formula is C17H24Cl2Zr. The molecule has 0 saturated heterocycles. The van der Waals surface area contributed by atoms with Crippen molar-refractivity contribution in [2.45, 2.75) is 41.5 Å². The molecule has 0 aromatic carbocycles. The third-order valence-corrected chi connectivity index (χ3v) is 11.8. The molecule has 2 aliphatic carbocycles. The second-order valence-electron chi connectivity index (χ2n) is 5.83. The molecule has 0 aromatic heterocycles. The molecule has 0 amide bonds. The molecule has 0 bridgehead atoms. The quantitative estimate of drug-likeness (QED) is 0.555. The van der Waals surface area contributed by atoms with E-state index in [0.717, 1.165) is 0 Å². The molecule has 0 aromatic rings. The number of hydrogen-bond donors (Lipinski definition) is 0. The van der Waals surface area contributed by atoms with Crippen LogP contribution in [0.1, 0.15) is 41.5 Å². The maximum absolute atomic E-state index is 4.69. The third-order valence-electron chi connectivity index (χ3n) is 4.55. The van der Waals surface area contributed by atoms with E-state index in [1.165, 1.54) is 11.1 Å². The molecule has 0 aliphatic heterocycles. The van der Waals surface area contributed by atoms with Gasteiger partial charge in [-0.1, -0.05) is 0 Å². The van der Waals surface area contributed by atoms with E-state index in [4.69, 9.17) is 0 Å². The minimum atomic E-state index is -1.85. The topological polar surface area (TPSA) is 0 Å². The minimum Gasteiger partial charge on any atom is -1.00 e. The number of hydrogen-bond acceptors (Lipinski definition) is 0. The summed E-state index contributed by atoms with van der Waals surface area (Å²) in [5.41, 5.74) is 6.05. The van der Waals surface area contributed by atoms with Gasteiger partial charge in [-0.15, -0.1) is 0 Å². The van der Waals surface area contributed by atoms with Gasteiger partial charge in [-0.05, 0) is 0 Å². The van der Waals surface area contributed by atoms with Gasteiger partial charge < -0.3 is 24.8 Å². The zero-order chi connectivity index (χ0) is 13.6. The first-order valence-corrected chi connectivity index (χ1v) is 11.0. The fourth-order valence-corrected chi connectivity index (χ4v) is 10.4. The molecule has 110 valence electrons. The van der Waals surface area contributed by atoms with Crippen LogP contribution < -0.4 is 24.8 Å². The predicted octanol–water partition coefficient (Wildman–Crippen LogP) is -1.22. The Hall–Kier alpha value is 0.293. The standard InChI is InChI=1S/2C8H11.CH2.2ClH.Zr/c2*1-6-4-7(2)8(3)5-6;;;;/h2*4,6H,1-3H3;1H2;2*1H;/q;;;;;+2/p-2. The Morgan fingerprint density at radius 2 is 1.10 bits per heavy atom. The molecule has 0 nitrogen and oxygen atoms in total. The zero-order valence-electron chi connectivity index (χ0n) is 13.3. The van der Waals surface area contributed by atoms with Gasteiger partial charge in [0.15, 0.2) is 0 Å². The van der Waals surface area contributed by atoms with Crippen LogP contribution in [0.15, 0.2) is 41.0 Å². The van der Waals surface area contributed by atoms with E-state index in [2.05, 4.69) is 57.9 Å². The number of rotatable bonds is 2. The summed E-state index contributed by atoms with van der Waals surface area (Å²) in [5, 5.41) is 0. The molecule has 0 radical (unpaired) electrons. The Balaban J connectivity index is 0.00000180. The van der Waals surface area contributed by atoms with Crippen LogP contribution >= 0.6 is 0 Å². The van der Waals surface area contributed by atoms with Gasteiger partial charge in [0, 0.05) is 0 Å². The van der Waals surface area contributed by atoms with Crippen LogP contribution in [-0.4, -0.2) is 4.21 Å². The first-order valence-electron chi connectivity index (χ1n) is 6.83. The second-order valence-corrected chi connectivity index (χ2v) is 10.8. The van der Waals surface area contributed by atoms with E-state index < -0.39 is 21.3 Å². The van der Waals surface area contributed by atoms with Crippen molar-refractivity contribution in [3.63, 3.8) is 0 Å². The van der Waals surface area contributed by atoms with Gasteiger partial charge in [0.1, 0.15) is 0 Å². The van der Waals surface area contributed by atoms with Gasteiger partial charge in [0.05, 0.1) is 0 Å². The molecule has 3 heteroatoms. The van der Waals surface area contributed by atoms with Crippen molar-refractivity contribution >= 4 is 4.21 Å². The van der Waals surface area contributed by atoms with E-state index in [9.17, 15) is 0 Å². The molecular weight excluding hydrogens is 366 g/mol. The Morgan fingerprint density at radius 3 is 1.30 bits per heavy atom. The maximum atomic E-state index is 4.69. The van der Waals surface area contributed by atoms with Gasteiger partial charge in [-0.3, -0.25) is 0 Å². The Labute approximate surface area is 144 Å². The van der Waals surface area contributed by atoms with Crippen molar-refractivity contribution in [2.24, 2.45) is 11.8 Å². The van der Waals surface area contributed by atoms with Crippen molar-refractivity contribution in [1.82, 2.24) is 0 Å². The average Bonchev–Trinajstić information content (AvgIpc) is 2.66. The average molecular weight is 391 g/mol. The molecule has 20 heavy (non-hydrogen) atoms. The summed E-state index contributed by atoms with van der Waals surface area (Å²) < 4.78 is 8.13. The first-order chi connectivity index (χ1) is 8.34. The van der Waals surface area contributed by atoms with Crippen LogP contribution in [0, 0.1) is 11.8 Å². The summed E-state index contributed by atoms with van der Waals surface area (Å²) in [6.07, 6.45) is 4.85. The van der Waals surface area contributed by atoms with E-state index in [-0.39, 0.29) is 24.8 Å². The summed E-state index contributed by atoms with van der Waals surface area (Å²) in [4.78, 5) is 0. The zero-order valence-corrected chi connectivity index (χ0v) is 17.2. The summed E-state index contributed by atoms with van der Waals surface area (Å²) >= 11 is -1.85. The summed E-state index contributed by atoms with van der Waals surface area (Å²) in [5.74, 6) is 1.26. The van der Waals surface area contributed by atoms with Crippen LogP contribution in [0.2, 0.25) is 0 Å². The molecule has 2 unspecified atom stereocenters. The monoisotopic (exact) mass is 388 g/mol. The van der Waals surface area contributed by atoms with Crippen LogP contribution in [0.5, 0.6) is 0 Å². The van der Waals surface area contributed by atoms with E-state index >= 15 is 0 Å². The molecule has 0 fully saturated rings. The van der Waals surface area contributed by atoms with Gasteiger partial charge >= 0.3 is 120 Å². The minimum absolute atomic E-state index is 0. The molecule has 2 atom stereocenters. The molecule has 0 spiro atoms. The van der Waals surface area contributed by atoms with Crippen LogP contribution in [0.3, 0.4) is 0 Å². The van der Waals surface area contributed by atoms with Gasteiger partial charge in [-0.2, -0.15) is 0 Å². The van der Waals surface area contributed by atoms with Crippen molar-refractivity contribution in [3.8, 4) is 0 Å². The number of halogens is 2. The van der Waals surface area contributed by atoms with Crippen molar-refractivity contribution in [1.29, 1.82) is 0 Å². The molecule has 0 saturated carbocycles. The largest absolute Gasteiger partial charge is 1.00 e. The Morgan fingerprint density at radius 1 is 0.800 bits per heavy atom. The number of allylic oxidation sites excluding steroid dienone is 8. The molecule has 0 heterocycles. The van der Waals surface area contributed by atoms with Crippen molar-refractivity contribution < 1.29 is 46.1 Å². The third kappa shape index (κ3) is 3.37. The van der Waals surface area contributed by atoms with Gasteiger partial charge in [0.25, 0.3) is 0 Å². The van der Waals surface area contributed by atoms with Crippen LogP contribution in [0.25, 0.3) is 0 Å². The second kappa shape index (κ2) is 7.52. The van der Waals surface area contributed by atoms with Crippen molar-refractivity contribution in [3.05, 3.63) is 41.0 Å². The summed E-state index contributed by atoms with van der Waals surface area (Å²) in [6, 6.07) is 0. The summed E-state index contributed by atoms with van der Waals surface area (Å²) in [7, 11) is 0. The van der Waals surface area contributed by atoms with E-state index in [1.54, 1.807) is 17.7 Å². The van der Waals surface area contributed by atoms with Crippen LogP contribution in [-0.2, 0) is 21.3 Å². The van der Waals surface area contributed by atoms with Gasteiger partial charge in [-0.25, -0.2) is 0 Å². The Kier molecular flexibility index (Phi) is 7.63. The Bertz CT molecular complexity index is 499. The normalized spacial score (nSPS) is 24.6. The summed E-state index contributed by atoms with van der Waals surface area (Å²) in [6.45, 7) is 13.8. The van der Waals surface area contributed by atoms with Crippen LogP contribution in [0.4, 0.5) is 0 Å². The maximum Gasteiger partial charge on any atom is -1.00 e. The fraction of sp³-hybridized carbons (Fsp3) is 0.471.